The predicted octanol–water partition coefficient (Wildman–Crippen LogP) is 4.33. The number of carbonyl (C=O) groups is 1. The van der Waals surface area contributed by atoms with Gasteiger partial charge in [-0.25, -0.2) is 4.39 Å². The minimum atomic E-state index is -0.402. The fourth-order valence-corrected chi connectivity index (χ4v) is 1.93. The van der Waals surface area contributed by atoms with Crippen molar-refractivity contribution in [2.45, 2.75) is 13.8 Å². The Labute approximate surface area is 110 Å². The molecule has 0 spiro atoms. The lowest BCUT2D eigenvalue weighted by molar-refractivity contribution is 0.103. The topological polar surface area (TPSA) is 17.1 Å². The highest BCUT2D eigenvalue weighted by Gasteiger charge is 2.14. The monoisotopic (exact) mass is 262 g/mol. The first-order valence-corrected chi connectivity index (χ1v) is 5.94. The molecule has 3 heteroatoms. The molecule has 0 radical (unpaired) electrons. The van der Waals surface area contributed by atoms with Crippen LogP contribution in [-0.4, -0.2) is 5.78 Å². The van der Waals surface area contributed by atoms with E-state index in [1.807, 2.05) is 19.1 Å². The Kier molecular flexibility index (Phi) is 3.48. The first-order chi connectivity index (χ1) is 8.49. The zero-order chi connectivity index (χ0) is 13.3. The van der Waals surface area contributed by atoms with Crippen LogP contribution >= 0.6 is 11.6 Å². The van der Waals surface area contributed by atoms with Gasteiger partial charge in [0.15, 0.2) is 5.78 Å². The largest absolute Gasteiger partial charge is 0.289 e. The van der Waals surface area contributed by atoms with Crippen LogP contribution in [0.2, 0.25) is 5.02 Å². The van der Waals surface area contributed by atoms with Gasteiger partial charge in [0.1, 0.15) is 5.82 Å². The van der Waals surface area contributed by atoms with E-state index < -0.39 is 5.82 Å². The molecule has 0 N–H and O–H groups in total. The molecule has 1 nitrogen and oxygen atoms in total. The Balaban J connectivity index is 2.46. The van der Waals surface area contributed by atoms with Crippen molar-refractivity contribution < 1.29 is 9.18 Å². The van der Waals surface area contributed by atoms with E-state index in [-0.39, 0.29) is 10.8 Å². The molecular formula is C15H12ClFO. The summed E-state index contributed by atoms with van der Waals surface area (Å²) in [6.07, 6.45) is 0. The highest BCUT2D eigenvalue weighted by molar-refractivity contribution is 6.35. The standard InChI is InChI=1S/C15H12ClFO/c1-9-3-5-11(6-4-9)15(18)12-7-10(2)14(17)8-13(12)16/h3-8H,1-2H3. The van der Waals surface area contributed by atoms with Crippen LogP contribution in [0.4, 0.5) is 4.39 Å². The van der Waals surface area contributed by atoms with Crippen molar-refractivity contribution in [3.63, 3.8) is 0 Å². The lowest BCUT2D eigenvalue weighted by Crippen LogP contribution is -2.03. The van der Waals surface area contributed by atoms with Crippen molar-refractivity contribution in [2.75, 3.05) is 0 Å². The summed E-state index contributed by atoms with van der Waals surface area (Å²) in [6, 6.07) is 9.87. The number of halogens is 2. The summed E-state index contributed by atoms with van der Waals surface area (Å²) in [4.78, 5) is 12.2. The summed E-state index contributed by atoms with van der Waals surface area (Å²) in [5, 5.41) is 0.142. The summed E-state index contributed by atoms with van der Waals surface area (Å²) < 4.78 is 13.3. The van der Waals surface area contributed by atoms with E-state index in [0.29, 0.717) is 16.7 Å². The van der Waals surface area contributed by atoms with E-state index in [0.717, 1.165) is 5.56 Å². The van der Waals surface area contributed by atoms with Gasteiger partial charge in [0.25, 0.3) is 0 Å². The summed E-state index contributed by atoms with van der Waals surface area (Å²) in [5.74, 6) is -0.594. The second kappa shape index (κ2) is 4.91. The van der Waals surface area contributed by atoms with Crippen LogP contribution in [0.25, 0.3) is 0 Å². The molecular weight excluding hydrogens is 251 g/mol. The average Bonchev–Trinajstić information content (AvgIpc) is 2.34. The highest BCUT2D eigenvalue weighted by atomic mass is 35.5. The Morgan fingerprint density at radius 3 is 2.33 bits per heavy atom. The Morgan fingerprint density at radius 1 is 1.11 bits per heavy atom. The van der Waals surface area contributed by atoms with Gasteiger partial charge in [-0.05, 0) is 31.5 Å². The maximum atomic E-state index is 13.3. The van der Waals surface area contributed by atoms with Crippen LogP contribution in [0.1, 0.15) is 27.0 Å². The molecule has 18 heavy (non-hydrogen) atoms. The first-order valence-electron chi connectivity index (χ1n) is 5.56. The van der Waals surface area contributed by atoms with E-state index in [1.165, 1.54) is 12.1 Å². The molecule has 0 atom stereocenters. The molecule has 0 fully saturated rings. The predicted molar refractivity (Wildman–Crippen MR) is 70.8 cm³/mol. The molecule has 92 valence electrons. The molecule has 2 aromatic rings. The zero-order valence-corrected chi connectivity index (χ0v) is 10.9. The minimum Gasteiger partial charge on any atom is -0.289 e. The van der Waals surface area contributed by atoms with Crippen molar-refractivity contribution in [3.8, 4) is 0 Å². The van der Waals surface area contributed by atoms with Crippen LogP contribution in [-0.2, 0) is 0 Å². The molecule has 0 aliphatic rings. The van der Waals surface area contributed by atoms with E-state index >= 15 is 0 Å². The Hall–Kier alpha value is -1.67. The maximum absolute atomic E-state index is 13.3. The van der Waals surface area contributed by atoms with Gasteiger partial charge in [-0.3, -0.25) is 4.79 Å². The van der Waals surface area contributed by atoms with E-state index in [2.05, 4.69) is 0 Å². The van der Waals surface area contributed by atoms with Gasteiger partial charge in [0.2, 0.25) is 0 Å². The number of carbonyl (C=O) groups excluding carboxylic acids is 1. The van der Waals surface area contributed by atoms with Gasteiger partial charge in [0, 0.05) is 11.1 Å². The third kappa shape index (κ3) is 2.44. The van der Waals surface area contributed by atoms with Crippen molar-refractivity contribution in [3.05, 3.63) is 69.5 Å². The second-order valence-electron chi connectivity index (χ2n) is 4.28. The minimum absolute atomic E-state index is 0.142. The van der Waals surface area contributed by atoms with Crippen LogP contribution in [0.5, 0.6) is 0 Å². The third-order valence-electron chi connectivity index (χ3n) is 2.81. The van der Waals surface area contributed by atoms with Crippen molar-refractivity contribution in [1.29, 1.82) is 0 Å². The molecule has 0 heterocycles. The molecule has 0 saturated heterocycles. The van der Waals surface area contributed by atoms with Crippen LogP contribution < -0.4 is 0 Å². The number of rotatable bonds is 2. The number of ketones is 1. The highest BCUT2D eigenvalue weighted by Crippen LogP contribution is 2.23. The summed E-state index contributed by atoms with van der Waals surface area (Å²) >= 11 is 5.92. The van der Waals surface area contributed by atoms with Gasteiger partial charge in [-0.15, -0.1) is 0 Å². The van der Waals surface area contributed by atoms with Crippen molar-refractivity contribution in [1.82, 2.24) is 0 Å². The van der Waals surface area contributed by atoms with Gasteiger partial charge in [0.05, 0.1) is 5.02 Å². The van der Waals surface area contributed by atoms with Gasteiger partial charge >= 0.3 is 0 Å². The number of hydrogen-bond acceptors (Lipinski definition) is 1. The van der Waals surface area contributed by atoms with Gasteiger partial charge in [-0.1, -0.05) is 41.4 Å². The molecule has 0 unspecified atom stereocenters. The average molecular weight is 263 g/mol. The van der Waals surface area contributed by atoms with Gasteiger partial charge < -0.3 is 0 Å². The SMILES string of the molecule is Cc1ccc(C(=O)c2cc(C)c(F)cc2Cl)cc1. The second-order valence-corrected chi connectivity index (χ2v) is 4.68. The fourth-order valence-electron chi connectivity index (χ4n) is 1.69. The van der Waals surface area contributed by atoms with Crippen molar-refractivity contribution >= 4 is 17.4 Å². The first kappa shape index (κ1) is 12.8. The summed E-state index contributed by atoms with van der Waals surface area (Å²) in [7, 11) is 0. The summed E-state index contributed by atoms with van der Waals surface area (Å²) in [5.41, 5.74) is 2.37. The van der Waals surface area contributed by atoms with Gasteiger partial charge in [-0.2, -0.15) is 0 Å². The van der Waals surface area contributed by atoms with Crippen LogP contribution in [0.3, 0.4) is 0 Å². The molecule has 0 aromatic heterocycles. The molecule has 0 aliphatic heterocycles. The summed E-state index contributed by atoms with van der Waals surface area (Å²) in [6.45, 7) is 3.56. The maximum Gasteiger partial charge on any atom is 0.194 e. The number of aryl methyl sites for hydroxylation is 2. The lowest BCUT2D eigenvalue weighted by atomic mass is 10.0. The normalized spacial score (nSPS) is 10.4. The molecule has 0 amide bonds. The fraction of sp³-hybridized carbons (Fsp3) is 0.133. The molecule has 2 aromatic carbocycles. The van der Waals surface area contributed by atoms with Crippen molar-refractivity contribution in [2.24, 2.45) is 0 Å². The van der Waals surface area contributed by atoms with E-state index in [1.54, 1.807) is 19.1 Å². The zero-order valence-electron chi connectivity index (χ0n) is 10.1. The van der Waals surface area contributed by atoms with E-state index in [9.17, 15) is 9.18 Å². The van der Waals surface area contributed by atoms with Crippen LogP contribution in [0.15, 0.2) is 36.4 Å². The number of hydrogen-bond donors (Lipinski definition) is 0. The molecule has 2 rings (SSSR count). The van der Waals surface area contributed by atoms with Crippen LogP contribution in [0, 0.1) is 19.7 Å². The lowest BCUT2D eigenvalue weighted by Gasteiger charge is -2.06. The quantitative estimate of drug-likeness (QED) is 0.737. The number of benzene rings is 2. The molecule has 0 bridgehead atoms. The van der Waals surface area contributed by atoms with E-state index in [4.69, 9.17) is 11.6 Å². The Bertz CT molecular complexity index is 603. The molecule has 0 aliphatic carbocycles. The smallest absolute Gasteiger partial charge is 0.194 e. The molecule has 0 saturated carbocycles. The third-order valence-corrected chi connectivity index (χ3v) is 3.12. The Morgan fingerprint density at radius 2 is 1.72 bits per heavy atom.